The Bertz CT molecular complexity index is 1650. The van der Waals surface area contributed by atoms with Crippen molar-refractivity contribution in [1.29, 1.82) is 0 Å². The molecule has 3 aromatic heterocycles. The van der Waals surface area contributed by atoms with E-state index in [-0.39, 0.29) is 24.3 Å². The van der Waals surface area contributed by atoms with Crippen LogP contribution in [0.2, 0.25) is 0 Å². The average Bonchev–Trinajstić information content (AvgIpc) is 3.71. The van der Waals surface area contributed by atoms with Crippen molar-refractivity contribution in [1.82, 2.24) is 29.5 Å². The van der Waals surface area contributed by atoms with Crippen LogP contribution in [0.15, 0.2) is 43.0 Å². The van der Waals surface area contributed by atoms with Crippen LogP contribution in [0, 0.1) is 0 Å². The van der Waals surface area contributed by atoms with Crippen LogP contribution in [0.1, 0.15) is 55.6 Å². The van der Waals surface area contributed by atoms with Crippen molar-refractivity contribution in [2.75, 3.05) is 30.5 Å². The molecule has 4 heterocycles. The second-order valence-electron chi connectivity index (χ2n) is 10.8. The summed E-state index contributed by atoms with van der Waals surface area (Å²) in [7, 11) is 3.23. The lowest BCUT2D eigenvalue weighted by molar-refractivity contribution is -0.140. The van der Waals surface area contributed by atoms with Gasteiger partial charge in [-0.2, -0.15) is 13.2 Å². The number of carbonyl (C=O) groups excluding carboxylic acids is 1. The van der Waals surface area contributed by atoms with Crippen LogP contribution in [0.3, 0.4) is 0 Å². The van der Waals surface area contributed by atoms with Crippen LogP contribution in [0.4, 0.5) is 24.7 Å². The second-order valence-corrected chi connectivity index (χ2v) is 10.8. The van der Waals surface area contributed by atoms with E-state index in [0.717, 1.165) is 30.3 Å². The summed E-state index contributed by atoms with van der Waals surface area (Å²) >= 11 is 0. The molecule has 0 bridgehead atoms. The quantitative estimate of drug-likeness (QED) is 0.293. The number of hydrogen-bond donors (Lipinski definition) is 0. The molecular formula is C29H29F3N8O2. The zero-order valence-electron chi connectivity index (χ0n) is 23.6. The van der Waals surface area contributed by atoms with Crippen molar-refractivity contribution in [2.24, 2.45) is 0 Å². The molecule has 1 saturated carbocycles. The summed E-state index contributed by atoms with van der Waals surface area (Å²) in [5.41, 5.74) is 2.54. The first-order valence-corrected chi connectivity index (χ1v) is 13.6. The number of benzene rings is 1. The summed E-state index contributed by atoms with van der Waals surface area (Å²) in [6.45, 7) is 4.05. The number of halogens is 3. The van der Waals surface area contributed by atoms with Gasteiger partial charge >= 0.3 is 6.18 Å². The molecule has 4 aromatic rings. The largest absolute Gasteiger partial charge is 0.480 e. The number of rotatable bonds is 7. The summed E-state index contributed by atoms with van der Waals surface area (Å²) < 4.78 is 47.2. The van der Waals surface area contributed by atoms with Gasteiger partial charge in [0.1, 0.15) is 23.4 Å². The van der Waals surface area contributed by atoms with Gasteiger partial charge in [0.15, 0.2) is 17.3 Å². The normalized spacial score (nSPS) is 15.4. The molecule has 2 aliphatic rings. The van der Waals surface area contributed by atoms with Gasteiger partial charge in [-0.3, -0.25) is 4.79 Å². The zero-order valence-corrected chi connectivity index (χ0v) is 23.6. The molecule has 42 heavy (non-hydrogen) atoms. The van der Waals surface area contributed by atoms with Gasteiger partial charge < -0.3 is 19.1 Å². The van der Waals surface area contributed by atoms with Crippen molar-refractivity contribution in [2.45, 2.75) is 51.4 Å². The predicted molar refractivity (Wildman–Crippen MR) is 149 cm³/mol. The van der Waals surface area contributed by atoms with Gasteiger partial charge in [0.2, 0.25) is 11.8 Å². The highest BCUT2D eigenvalue weighted by Gasteiger charge is 2.36. The minimum absolute atomic E-state index is 0.0896. The van der Waals surface area contributed by atoms with E-state index in [0.29, 0.717) is 46.8 Å². The number of fused-ring (bicyclic) bond motifs is 1. The topological polar surface area (TPSA) is 102 Å². The first-order valence-electron chi connectivity index (χ1n) is 13.6. The summed E-state index contributed by atoms with van der Waals surface area (Å²) in [6, 6.07) is 6.93. The molecule has 0 N–H and O–H groups in total. The predicted octanol–water partition coefficient (Wildman–Crippen LogP) is 5.27. The second kappa shape index (κ2) is 10.4. The molecule has 1 amide bonds. The number of hydrogen-bond acceptors (Lipinski definition) is 8. The first-order chi connectivity index (χ1) is 20.0. The molecule has 0 unspecified atom stereocenters. The van der Waals surface area contributed by atoms with E-state index in [4.69, 9.17) is 9.72 Å². The Morgan fingerprint density at radius 2 is 1.81 bits per heavy atom. The lowest BCUT2D eigenvalue weighted by Gasteiger charge is -2.34. The van der Waals surface area contributed by atoms with Crippen molar-refractivity contribution < 1.29 is 22.7 Å². The molecule has 13 heteroatoms. The first kappa shape index (κ1) is 27.6. The lowest BCUT2D eigenvalue weighted by atomic mass is 10.1. The molecular weight excluding hydrogens is 549 g/mol. The summed E-state index contributed by atoms with van der Waals surface area (Å²) in [4.78, 5) is 38.4. The van der Waals surface area contributed by atoms with E-state index in [1.165, 1.54) is 15.8 Å². The van der Waals surface area contributed by atoms with Gasteiger partial charge in [0, 0.05) is 37.3 Å². The number of methoxy groups -OCH3 is 1. The molecule has 1 aliphatic carbocycles. The van der Waals surface area contributed by atoms with Crippen LogP contribution in [0.5, 0.6) is 5.88 Å². The Kier molecular flexibility index (Phi) is 6.82. The Morgan fingerprint density at radius 3 is 2.45 bits per heavy atom. The van der Waals surface area contributed by atoms with Crippen molar-refractivity contribution in [3.63, 3.8) is 0 Å². The maximum atomic E-state index is 13.4. The van der Waals surface area contributed by atoms with E-state index in [1.54, 1.807) is 32.5 Å². The third-order valence-corrected chi connectivity index (χ3v) is 7.50. The summed E-state index contributed by atoms with van der Waals surface area (Å²) in [6.07, 6.45) is 1.65. The Balaban J connectivity index is 1.33. The van der Waals surface area contributed by atoms with Crippen LogP contribution < -0.4 is 14.5 Å². The van der Waals surface area contributed by atoms with E-state index in [2.05, 4.69) is 19.9 Å². The van der Waals surface area contributed by atoms with Gasteiger partial charge in [-0.1, -0.05) is 24.3 Å². The summed E-state index contributed by atoms with van der Waals surface area (Å²) in [5.74, 6) is 1.80. The minimum Gasteiger partial charge on any atom is -0.480 e. The van der Waals surface area contributed by atoms with Gasteiger partial charge in [0.05, 0.1) is 25.5 Å². The van der Waals surface area contributed by atoms with Gasteiger partial charge in [-0.25, -0.2) is 24.9 Å². The van der Waals surface area contributed by atoms with Gasteiger partial charge in [-0.15, -0.1) is 0 Å². The van der Waals surface area contributed by atoms with E-state index < -0.39 is 11.9 Å². The van der Waals surface area contributed by atoms with Crippen LogP contribution in [-0.4, -0.2) is 56.1 Å². The van der Waals surface area contributed by atoms with E-state index in [1.807, 2.05) is 30.9 Å². The standard InChI is InChI=1S/C29H29F3N8O2/c1-16(2)40-13-21(29(30,31)32)36-26(40)19-7-5-17(6-8-19)12-39-14-22(41)38(3)20-11-33-25(37-27(20)39)23-24(18-9-10-18)34-15-35-28(23)42-4/h5-8,11,13,15-16,18H,9-10,12,14H2,1-4H3. The minimum atomic E-state index is -4.54. The number of alkyl halides is 3. The smallest absolute Gasteiger partial charge is 0.434 e. The van der Waals surface area contributed by atoms with Crippen LogP contribution >= 0.6 is 0 Å². The monoisotopic (exact) mass is 578 g/mol. The number of imidazole rings is 1. The molecule has 0 atom stereocenters. The fourth-order valence-corrected chi connectivity index (χ4v) is 5.10. The molecule has 1 fully saturated rings. The number of carbonyl (C=O) groups is 1. The number of nitrogens with zero attached hydrogens (tertiary/aromatic N) is 8. The maximum Gasteiger partial charge on any atom is 0.434 e. The van der Waals surface area contributed by atoms with Crippen molar-refractivity contribution in [3.8, 4) is 28.7 Å². The van der Waals surface area contributed by atoms with E-state index in [9.17, 15) is 18.0 Å². The fraction of sp³-hybridized carbons (Fsp3) is 0.379. The molecule has 1 aliphatic heterocycles. The highest BCUT2D eigenvalue weighted by atomic mass is 19.4. The Hall–Kier alpha value is -4.55. The Labute approximate surface area is 240 Å². The van der Waals surface area contributed by atoms with Crippen LogP contribution in [-0.2, 0) is 17.5 Å². The third kappa shape index (κ3) is 5.03. The highest BCUT2D eigenvalue weighted by molar-refractivity contribution is 6.02. The fourth-order valence-electron chi connectivity index (χ4n) is 5.10. The molecule has 0 radical (unpaired) electrons. The number of anilines is 2. The number of ether oxygens (including phenoxy) is 1. The van der Waals surface area contributed by atoms with Crippen LogP contribution in [0.25, 0.3) is 22.8 Å². The molecule has 1 aromatic carbocycles. The average molecular weight is 579 g/mol. The summed E-state index contributed by atoms with van der Waals surface area (Å²) in [5, 5.41) is 0. The highest BCUT2D eigenvalue weighted by Crippen LogP contribution is 2.45. The number of aromatic nitrogens is 6. The molecule has 0 spiro atoms. The SMILES string of the molecule is COc1ncnc(C2CC2)c1-c1ncc2c(n1)N(Cc1ccc(-c3nc(C(F)(F)F)cn3C(C)C)cc1)CC(=O)N2C. The zero-order chi connectivity index (χ0) is 29.8. The molecule has 6 rings (SSSR count). The van der Waals surface area contributed by atoms with Crippen molar-refractivity contribution >= 4 is 17.4 Å². The number of likely N-dealkylation sites (N-methyl/N-ethyl adjacent to an activating group) is 1. The van der Waals surface area contributed by atoms with E-state index >= 15 is 0 Å². The van der Waals surface area contributed by atoms with Gasteiger partial charge in [-0.05, 0) is 32.3 Å². The van der Waals surface area contributed by atoms with Gasteiger partial charge in [0.25, 0.3) is 0 Å². The number of amides is 1. The Morgan fingerprint density at radius 1 is 1.07 bits per heavy atom. The molecule has 10 nitrogen and oxygen atoms in total. The lowest BCUT2D eigenvalue weighted by Crippen LogP contribution is -2.44. The molecule has 218 valence electrons. The third-order valence-electron chi connectivity index (χ3n) is 7.50. The molecule has 0 saturated heterocycles. The maximum absolute atomic E-state index is 13.4. The van der Waals surface area contributed by atoms with Crippen molar-refractivity contribution in [3.05, 3.63) is 59.9 Å².